The molecular weight excluding hydrogens is 362 g/mol. The number of nitrogens with zero attached hydrogens (tertiary/aromatic N) is 2. The molecule has 2 aromatic carbocycles. The average molecular weight is 388 g/mol. The Morgan fingerprint density at radius 2 is 1.81 bits per heavy atom. The molecule has 0 saturated carbocycles. The molecule has 0 atom stereocenters. The van der Waals surface area contributed by atoms with E-state index in [4.69, 9.17) is 16.3 Å². The topological polar surface area (TPSA) is 44.8 Å². The van der Waals surface area contributed by atoms with E-state index in [2.05, 4.69) is 29.1 Å². The number of nitrogens with one attached hydrogen (secondary N) is 1. The van der Waals surface area contributed by atoms with Crippen LogP contribution in [0.15, 0.2) is 42.5 Å². The summed E-state index contributed by atoms with van der Waals surface area (Å²) in [6.45, 7) is 6.00. The number of halogens is 1. The quantitative estimate of drug-likeness (QED) is 0.821. The fourth-order valence-corrected chi connectivity index (χ4v) is 3.36. The molecule has 0 aliphatic carbocycles. The number of rotatable bonds is 6. The van der Waals surface area contributed by atoms with Crippen molar-refractivity contribution < 1.29 is 9.53 Å². The normalized spacial score (nSPS) is 14.9. The Morgan fingerprint density at radius 1 is 1.11 bits per heavy atom. The zero-order valence-electron chi connectivity index (χ0n) is 15.9. The molecular formula is C21H26ClN3O2. The smallest absolute Gasteiger partial charge is 0.262 e. The molecule has 1 aliphatic rings. The van der Waals surface area contributed by atoms with Gasteiger partial charge in [-0.25, -0.2) is 0 Å². The van der Waals surface area contributed by atoms with Crippen molar-refractivity contribution in [3.8, 4) is 5.75 Å². The number of hydrogen-bond donors (Lipinski definition) is 1. The van der Waals surface area contributed by atoms with Gasteiger partial charge in [-0.1, -0.05) is 30.7 Å². The van der Waals surface area contributed by atoms with Gasteiger partial charge < -0.3 is 19.9 Å². The standard InChI is InChI=1S/C21H26ClN3O2/c1-3-16-4-7-18(8-5-16)27-15-21(26)23-17-6-9-20(19(22)14-17)25-12-10-24(2)11-13-25/h4-9,14H,3,10-13,15H2,1-2H3,(H,23,26). The van der Waals surface area contributed by atoms with E-state index in [9.17, 15) is 4.79 Å². The Hall–Kier alpha value is -2.24. The summed E-state index contributed by atoms with van der Waals surface area (Å²) in [5.41, 5.74) is 2.92. The fourth-order valence-electron chi connectivity index (χ4n) is 3.06. The van der Waals surface area contributed by atoms with Gasteiger partial charge in [-0.2, -0.15) is 0 Å². The van der Waals surface area contributed by atoms with Crippen LogP contribution >= 0.6 is 11.6 Å². The second-order valence-corrected chi connectivity index (χ2v) is 7.20. The minimum Gasteiger partial charge on any atom is -0.484 e. The predicted molar refractivity (Wildman–Crippen MR) is 111 cm³/mol. The first-order chi connectivity index (χ1) is 13.0. The van der Waals surface area contributed by atoms with Gasteiger partial charge in [-0.15, -0.1) is 0 Å². The lowest BCUT2D eigenvalue weighted by molar-refractivity contribution is -0.118. The predicted octanol–water partition coefficient (Wildman–Crippen LogP) is 3.67. The number of anilines is 2. The van der Waals surface area contributed by atoms with Crippen molar-refractivity contribution in [3.05, 3.63) is 53.1 Å². The summed E-state index contributed by atoms with van der Waals surface area (Å²) in [4.78, 5) is 16.7. The lowest BCUT2D eigenvalue weighted by Gasteiger charge is -2.34. The lowest BCUT2D eigenvalue weighted by Crippen LogP contribution is -2.44. The van der Waals surface area contributed by atoms with E-state index in [-0.39, 0.29) is 12.5 Å². The largest absolute Gasteiger partial charge is 0.484 e. The number of hydrogen-bond acceptors (Lipinski definition) is 4. The highest BCUT2D eigenvalue weighted by Crippen LogP contribution is 2.29. The zero-order chi connectivity index (χ0) is 19.2. The number of carbonyl (C=O) groups excluding carboxylic acids is 1. The van der Waals surface area contributed by atoms with E-state index >= 15 is 0 Å². The van der Waals surface area contributed by atoms with Crippen molar-refractivity contribution in [1.82, 2.24) is 4.90 Å². The van der Waals surface area contributed by atoms with Gasteiger partial charge in [-0.3, -0.25) is 4.79 Å². The number of ether oxygens (including phenoxy) is 1. The second-order valence-electron chi connectivity index (χ2n) is 6.79. The first kappa shape index (κ1) is 19.5. The van der Waals surface area contributed by atoms with E-state index in [1.807, 2.05) is 36.4 Å². The van der Waals surface area contributed by atoms with Gasteiger partial charge in [0.05, 0.1) is 10.7 Å². The molecule has 1 aliphatic heterocycles. The van der Waals surface area contributed by atoms with Crippen LogP contribution < -0.4 is 15.0 Å². The summed E-state index contributed by atoms with van der Waals surface area (Å²) < 4.78 is 5.54. The second kappa shape index (κ2) is 9.11. The van der Waals surface area contributed by atoms with Gasteiger partial charge in [0.1, 0.15) is 5.75 Å². The Balaban J connectivity index is 1.53. The third kappa shape index (κ3) is 5.37. The van der Waals surface area contributed by atoms with E-state index in [1.54, 1.807) is 6.07 Å². The Labute approximate surface area is 165 Å². The molecule has 0 radical (unpaired) electrons. The highest BCUT2D eigenvalue weighted by atomic mass is 35.5. The molecule has 0 spiro atoms. The van der Waals surface area contributed by atoms with Crippen LogP contribution in [0.3, 0.4) is 0 Å². The maximum Gasteiger partial charge on any atom is 0.262 e. The summed E-state index contributed by atoms with van der Waals surface area (Å²) in [6.07, 6.45) is 0.978. The number of amides is 1. The zero-order valence-corrected chi connectivity index (χ0v) is 16.6. The van der Waals surface area contributed by atoms with Gasteiger partial charge in [0.25, 0.3) is 5.91 Å². The molecule has 1 heterocycles. The molecule has 1 saturated heterocycles. The van der Waals surface area contributed by atoms with E-state index in [0.717, 1.165) is 38.3 Å². The minimum absolute atomic E-state index is 0.0384. The molecule has 2 aromatic rings. The molecule has 144 valence electrons. The minimum atomic E-state index is -0.210. The molecule has 27 heavy (non-hydrogen) atoms. The maximum atomic E-state index is 12.1. The summed E-state index contributed by atoms with van der Waals surface area (Å²) in [5.74, 6) is 0.476. The van der Waals surface area contributed by atoms with Crippen molar-refractivity contribution in [2.24, 2.45) is 0 Å². The van der Waals surface area contributed by atoms with Gasteiger partial charge in [0.2, 0.25) is 0 Å². The van der Waals surface area contributed by atoms with Gasteiger partial charge in [-0.05, 0) is 49.4 Å². The van der Waals surface area contributed by atoms with Crippen molar-refractivity contribution in [3.63, 3.8) is 0 Å². The maximum absolute atomic E-state index is 12.1. The Kier molecular flexibility index (Phi) is 6.58. The molecule has 3 rings (SSSR count). The SMILES string of the molecule is CCc1ccc(OCC(=O)Nc2ccc(N3CCN(C)CC3)c(Cl)c2)cc1. The number of likely N-dealkylation sites (N-methyl/N-ethyl adjacent to an activating group) is 1. The Bertz CT molecular complexity index is 771. The van der Waals surface area contributed by atoms with Crippen LogP contribution in [0.1, 0.15) is 12.5 Å². The summed E-state index contributed by atoms with van der Waals surface area (Å²) in [5, 5.41) is 3.48. The van der Waals surface area contributed by atoms with Crippen molar-refractivity contribution in [2.75, 3.05) is 50.1 Å². The Morgan fingerprint density at radius 3 is 2.44 bits per heavy atom. The van der Waals surface area contributed by atoms with Crippen LogP contribution in [0.5, 0.6) is 5.75 Å². The molecule has 1 fully saturated rings. The molecule has 1 amide bonds. The lowest BCUT2D eigenvalue weighted by atomic mass is 10.2. The van der Waals surface area contributed by atoms with Crippen LogP contribution in [-0.4, -0.2) is 50.6 Å². The highest BCUT2D eigenvalue weighted by molar-refractivity contribution is 6.33. The molecule has 0 bridgehead atoms. The molecule has 6 heteroatoms. The third-order valence-corrected chi connectivity index (χ3v) is 5.08. The number of carbonyl (C=O) groups is 1. The molecule has 5 nitrogen and oxygen atoms in total. The fraction of sp³-hybridized carbons (Fsp3) is 0.381. The summed E-state index contributed by atoms with van der Waals surface area (Å²) in [6, 6.07) is 13.4. The van der Waals surface area contributed by atoms with Crippen molar-refractivity contribution in [1.29, 1.82) is 0 Å². The van der Waals surface area contributed by atoms with Crippen molar-refractivity contribution >= 4 is 28.9 Å². The van der Waals surface area contributed by atoms with Crippen LogP contribution in [0.2, 0.25) is 5.02 Å². The van der Waals surface area contributed by atoms with Gasteiger partial charge in [0, 0.05) is 31.9 Å². The summed E-state index contributed by atoms with van der Waals surface area (Å²) in [7, 11) is 2.12. The van der Waals surface area contributed by atoms with E-state index in [1.165, 1.54) is 5.56 Å². The number of benzene rings is 2. The van der Waals surface area contributed by atoms with E-state index < -0.39 is 0 Å². The van der Waals surface area contributed by atoms with E-state index in [0.29, 0.717) is 16.5 Å². The number of aryl methyl sites for hydroxylation is 1. The first-order valence-corrected chi connectivity index (χ1v) is 9.67. The van der Waals surface area contributed by atoms with Crippen LogP contribution in [0.4, 0.5) is 11.4 Å². The first-order valence-electron chi connectivity index (χ1n) is 9.30. The summed E-state index contributed by atoms with van der Waals surface area (Å²) >= 11 is 6.45. The van der Waals surface area contributed by atoms with Crippen LogP contribution in [0, 0.1) is 0 Å². The average Bonchev–Trinajstić information content (AvgIpc) is 2.68. The molecule has 0 aromatic heterocycles. The highest BCUT2D eigenvalue weighted by Gasteiger charge is 2.17. The molecule has 1 N–H and O–H groups in total. The molecule has 0 unspecified atom stereocenters. The van der Waals surface area contributed by atoms with Crippen LogP contribution in [-0.2, 0) is 11.2 Å². The van der Waals surface area contributed by atoms with Crippen LogP contribution in [0.25, 0.3) is 0 Å². The van der Waals surface area contributed by atoms with Crippen molar-refractivity contribution in [2.45, 2.75) is 13.3 Å². The van der Waals surface area contributed by atoms with Gasteiger partial charge >= 0.3 is 0 Å². The number of piperazine rings is 1. The monoisotopic (exact) mass is 387 g/mol. The van der Waals surface area contributed by atoms with Gasteiger partial charge in [0.15, 0.2) is 6.61 Å². The third-order valence-electron chi connectivity index (χ3n) is 4.78.